The van der Waals surface area contributed by atoms with Crippen molar-refractivity contribution in [2.24, 2.45) is 0 Å². The van der Waals surface area contributed by atoms with Gasteiger partial charge < -0.3 is 14.4 Å². The molecule has 0 bridgehead atoms. The van der Waals surface area contributed by atoms with E-state index in [-0.39, 0.29) is 18.0 Å². The van der Waals surface area contributed by atoms with Crippen LogP contribution >= 0.6 is 0 Å². The molecule has 0 aliphatic carbocycles. The van der Waals surface area contributed by atoms with Crippen molar-refractivity contribution in [3.63, 3.8) is 0 Å². The molecule has 3 rings (SSSR count). The molecule has 0 spiro atoms. The number of rotatable bonds is 6. The third-order valence-corrected chi connectivity index (χ3v) is 3.43. The molecular weight excluding hydrogens is 298 g/mol. The monoisotopic (exact) mass is 313 g/mol. The Kier molecular flexibility index (Phi) is 4.20. The van der Waals surface area contributed by atoms with Gasteiger partial charge in [0.15, 0.2) is 5.75 Å². The van der Waals surface area contributed by atoms with Crippen LogP contribution in [0.5, 0.6) is 5.75 Å². The first-order valence-electron chi connectivity index (χ1n) is 7.09. The quantitative estimate of drug-likeness (QED) is 0.557. The molecule has 7 nitrogen and oxygen atoms in total. The van der Waals surface area contributed by atoms with E-state index in [1.165, 1.54) is 12.1 Å². The Morgan fingerprint density at radius 3 is 2.78 bits per heavy atom. The van der Waals surface area contributed by atoms with Gasteiger partial charge in [-0.1, -0.05) is 24.3 Å². The summed E-state index contributed by atoms with van der Waals surface area (Å²) in [4.78, 5) is 14.7. The van der Waals surface area contributed by atoms with Gasteiger partial charge in [0.2, 0.25) is 0 Å². The smallest absolute Gasteiger partial charge is 0.310 e. The maximum absolute atomic E-state index is 10.9. The van der Waals surface area contributed by atoms with Gasteiger partial charge in [-0.2, -0.15) is 0 Å². The van der Waals surface area contributed by atoms with Crippen LogP contribution < -0.4 is 4.74 Å². The van der Waals surface area contributed by atoms with Crippen molar-refractivity contribution in [1.29, 1.82) is 0 Å². The normalized spacial score (nSPS) is 12.2. The van der Waals surface area contributed by atoms with Crippen LogP contribution in [0.1, 0.15) is 0 Å². The lowest BCUT2D eigenvalue weighted by atomic mass is 10.3. The summed E-state index contributed by atoms with van der Waals surface area (Å²) in [6.45, 7) is 0.249. The average Bonchev–Trinajstić information content (AvgIpc) is 2.96. The van der Waals surface area contributed by atoms with Crippen molar-refractivity contribution in [2.75, 3.05) is 6.61 Å². The van der Waals surface area contributed by atoms with Crippen LogP contribution in [0.3, 0.4) is 0 Å². The predicted octanol–water partition coefficient (Wildman–Crippen LogP) is 2.38. The van der Waals surface area contributed by atoms with Crippen LogP contribution in [-0.2, 0) is 6.54 Å². The van der Waals surface area contributed by atoms with Gasteiger partial charge in [0.05, 0.1) is 28.8 Å². The summed E-state index contributed by atoms with van der Waals surface area (Å²) in [7, 11) is 0. The molecule has 0 aliphatic heterocycles. The van der Waals surface area contributed by atoms with Crippen molar-refractivity contribution in [1.82, 2.24) is 9.55 Å². The van der Waals surface area contributed by atoms with Crippen LogP contribution in [0.2, 0.25) is 0 Å². The van der Waals surface area contributed by atoms with Gasteiger partial charge in [0.25, 0.3) is 0 Å². The molecule has 2 aromatic carbocycles. The fourth-order valence-corrected chi connectivity index (χ4v) is 2.35. The van der Waals surface area contributed by atoms with Gasteiger partial charge in [-0.05, 0) is 18.2 Å². The number of aromatic nitrogens is 2. The molecule has 1 atom stereocenters. The number of nitrogens with zero attached hydrogens (tertiary/aromatic N) is 3. The molecule has 3 aromatic rings. The molecule has 0 amide bonds. The molecular formula is C16H15N3O4. The second-order valence-corrected chi connectivity index (χ2v) is 5.08. The van der Waals surface area contributed by atoms with Crippen molar-refractivity contribution in [3.8, 4) is 5.75 Å². The standard InChI is InChI=1S/C16H15N3O4/c20-12(9-18-11-17-13-5-1-2-6-14(13)18)10-23-16-8-4-3-7-15(16)19(21)22/h1-8,11-12,20H,9-10H2/t12-/m1/s1. The first kappa shape index (κ1) is 15.0. The summed E-state index contributed by atoms with van der Waals surface area (Å²) in [6.07, 6.45) is 0.839. The zero-order chi connectivity index (χ0) is 16.2. The third kappa shape index (κ3) is 3.29. The summed E-state index contributed by atoms with van der Waals surface area (Å²) >= 11 is 0. The molecule has 118 valence electrons. The van der Waals surface area contributed by atoms with Crippen LogP contribution in [0, 0.1) is 10.1 Å². The Balaban J connectivity index is 1.66. The van der Waals surface area contributed by atoms with E-state index in [0.29, 0.717) is 6.54 Å². The van der Waals surface area contributed by atoms with E-state index in [0.717, 1.165) is 11.0 Å². The number of aliphatic hydroxyl groups excluding tert-OH is 1. The zero-order valence-electron chi connectivity index (χ0n) is 12.2. The van der Waals surface area contributed by atoms with Crippen LogP contribution in [0.4, 0.5) is 5.69 Å². The Hall–Kier alpha value is -2.93. The maximum atomic E-state index is 10.9. The topological polar surface area (TPSA) is 90.4 Å². The summed E-state index contributed by atoms with van der Waals surface area (Å²) < 4.78 is 7.22. The van der Waals surface area contributed by atoms with Gasteiger partial charge in [0, 0.05) is 6.07 Å². The van der Waals surface area contributed by atoms with E-state index < -0.39 is 11.0 Å². The number of benzene rings is 2. The molecule has 0 fully saturated rings. The highest BCUT2D eigenvalue weighted by molar-refractivity contribution is 5.74. The van der Waals surface area contributed by atoms with Crippen molar-refractivity contribution in [3.05, 3.63) is 65.0 Å². The Morgan fingerprint density at radius 1 is 1.22 bits per heavy atom. The molecule has 7 heteroatoms. The fraction of sp³-hybridized carbons (Fsp3) is 0.188. The van der Waals surface area contributed by atoms with Crippen LogP contribution in [0.25, 0.3) is 11.0 Å². The molecule has 0 saturated carbocycles. The van der Waals surface area contributed by atoms with Gasteiger partial charge in [-0.25, -0.2) is 4.98 Å². The average molecular weight is 313 g/mol. The highest BCUT2D eigenvalue weighted by Crippen LogP contribution is 2.25. The van der Waals surface area contributed by atoms with Gasteiger partial charge in [-0.3, -0.25) is 10.1 Å². The summed E-state index contributed by atoms with van der Waals surface area (Å²) in [5.41, 5.74) is 1.64. The van der Waals surface area contributed by atoms with Gasteiger partial charge in [0.1, 0.15) is 12.7 Å². The minimum Gasteiger partial charge on any atom is -0.484 e. The minimum atomic E-state index is -0.813. The minimum absolute atomic E-state index is 0.0443. The van der Waals surface area contributed by atoms with E-state index in [4.69, 9.17) is 4.74 Å². The molecule has 0 radical (unpaired) electrons. The van der Waals surface area contributed by atoms with E-state index in [1.807, 2.05) is 28.8 Å². The van der Waals surface area contributed by atoms with Gasteiger partial charge >= 0.3 is 5.69 Å². The SMILES string of the molecule is O=[N+]([O-])c1ccccc1OC[C@H](O)Cn1cnc2ccccc21. The second kappa shape index (κ2) is 6.45. The molecule has 1 N–H and O–H groups in total. The lowest BCUT2D eigenvalue weighted by Gasteiger charge is -2.13. The molecule has 0 unspecified atom stereocenters. The van der Waals surface area contributed by atoms with Crippen molar-refractivity contribution in [2.45, 2.75) is 12.6 Å². The number of imidazole rings is 1. The largest absolute Gasteiger partial charge is 0.484 e. The lowest BCUT2D eigenvalue weighted by Crippen LogP contribution is -2.23. The predicted molar refractivity (Wildman–Crippen MR) is 84.3 cm³/mol. The van der Waals surface area contributed by atoms with Crippen LogP contribution in [-0.4, -0.2) is 32.3 Å². The first-order valence-corrected chi connectivity index (χ1v) is 7.09. The number of hydrogen-bond donors (Lipinski definition) is 1. The van der Waals surface area contributed by atoms with E-state index in [2.05, 4.69) is 4.98 Å². The van der Waals surface area contributed by atoms with Crippen molar-refractivity contribution >= 4 is 16.7 Å². The number of aliphatic hydroxyl groups is 1. The Labute approximate surface area is 131 Å². The molecule has 0 saturated heterocycles. The van der Waals surface area contributed by atoms with E-state index in [9.17, 15) is 15.2 Å². The van der Waals surface area contributed by atoms with Gasteiger partial charge in [-0.15, -0.1) is 0 Å². The molecule has 1 heterocycles. The summed E-state index contributed by atoms with van der Waals surface area (Å²) in [5.74, 6) is 0.145. The number of nitro benzene ring substituents is 1. The third-order valence-electron chi connectivity index (χ3n) is 3.43. The Bertz CT molecular complexity index is 831. The number of para-hydroxylation sites is 4. The Morgan fingerprint density at radius 2 is 1.96 bits per heavy atom. The van der Waals surface area contributed by atoms with E-state index in [1.54, 1.807) is 18.5 Å². The zero-order valence-corrected chi connectivity index (χ0v) is 12.2. The molecule has 23 heavy (non-hydrogen) atoms. The fourth-order valence-electron chi connectivity index (χ4n) is 2.35. The highest BCUT2D eigenvalue weighted by Gasteiger charge is 2.16. The second-order valence-electron chi connectivity index (χ2n) is 5.08. The molecule has 1 aromatic heterocycles. The van der Waals surface area contributed by atoms with E-state index >= 15 is 0 Å². The number of nitro groups is 1. The number of ether oxygens (including phenoxy) is 1. The first-order chi connectivity index (χ1) is 11.1. The summed E-state index contributed by atoms with van der Waals surface area (Å²) in [6, 6.07) is 13.7. The number of fused-ring (bicyclic) bond motifs is 1. The molecule has 0 aliphatic rings. The summed E-state index contributed by atoms with van der Waals surface area (Å²) in [5, 5.41) is 21.0. The lowest BCUT2D eigenvalue weighted by molar-refractivity contribution is -0.385. The number of hydrogen-bond acceptors (Lipinski definition) is 5. The highest BCUT2D eigenvalue weighted by atomic mass is 16.6. The maximum Gasteiger partial charge on any atom is 0.310 e. The van der Waals surface area contributed by atoms with Crippen LogP contribution in [0.15, 0.2) is 54.9 Å². The van der Waals surface area contributed by atoms with Crippen molar-refractivity contribution < 1.29 is 14.8 Å².